The van der Waals surface area contributed by atoms with Crippen molar-refractivity contribution in [3.8, 4) is 0 Å². The molecule has 0 aliphatic carbocycles. The van der Waals surface area contributed by atoms with Crippen molar-refractivity contribution in [2.45, 2.75) is 26.1 Å². The van der Waals surface area contributed by atoms with Crippen LogP contribution in [0.1, 0.15) is 13.8 Å². The van der Waals surface area contributed by atoms with E-state index in [1.54, 1.807) is 0 Å². The topological polar surface area (TPSA) is 67.5 Å². The Morgan fingerprint density at radius 2 is 2.20 bits per heavy atom. The Hall–Kier alpha value is -0.160. The number of aliphatic hydroxyl groups is 1. The Kier molecular flexibility index (Phi) is 5.52. The summed E-state index contributed by atoms with van der Waals surface area (Å²) in [4.78, 5) is 0. The molecule has 0 amide bonds. The molecule has 0 radical (unpaired) electrons. The molecule has 62 valence electrons. The van der Waals surface area contributed by atoms with Crippen molar-refractivity contribution in [3.63, 3.8) is 0 Å². The molecular formula is C6H16N2O2. The van der Waals surface area contributed by atoms with Crippen molar-refractivity contribution in [3.05, 3.63) is 0 Å². The summed E-state index contributed by atoms with van der Waals surface area (Å²) < 4.78 is 5.11. The van der Waals surface area contributed by atoms with Gasteiger partial charge in [-0.25, -0.2) is 0 Å². The molecule has 0 aromatic heterocycles. The van der Waals surface area contributed by atoms with Crippen LogP contribution in [0.3, 0.4) is 0 Å². The highest BCUT2D eigenvalue weighted by molar-refractivity contribution is 4.54. The summed E-state index contributed by atoms with van der Waals surface area (Å²) in [5, 5.41) is 9.03. The van der Waals surface area contributed by atoms with Gasteiger partial charge in [-0.2, -0.15) is 0 Å². The maximum absolute atomic E-state index is 9.03. The van der Waals surface area contributed by atoms with E-state index in [0.29, 0.717) is 13.2 Å². The first-order valence-corrected chi connectivity index (χ1v) is 3.40. The first-order valence-electron chi connectivity index (χ1n) is 3.40. The van der Waals surface area contributed by atoms with Crippen LogP contribution in [0.5, 0.6) is 0 Å². The molecule has 0 aliphatic heterocycles. The molecule has 1 unspecified atom stereocenters. The monoisotopic (exact) mass is 148 g/mol. The largest absolute Gasteiger partial charge is 0.389 e. The summed E-state index contributed by atoms with van der Waals surface area (Å²) in [7, 11) is 0. The van der Waals surface area contributed by atoms with E-state index in [9.17, 15) is 0 Å². The molecule has 10 heavy (non-hydrogen) atoms. The Labute approximate surface area is 61.3 Å². The van der Waals surface area contributed by atoms with Crippen molar-refractivity contribution in [2.24, 2.45) is 5.84 Å². The molecule has 0 fully saturated rings. The van der Waals surface area contributed by atoms with Crippen molar-refractivity contribution < 1.29 is 9.84 Å². The quantitative estimate of drug-likeness (QED) is 0.354. The smallest absolute Gasteiger partial charge is 0.0911 e. The van der Waals surface area contributed by atoms with E-state index < -0.39 is 6.10 Å². The third kappa shape index (κ3) is 5.97. The Balaban J connectivity index is 3.12. The van der Waals surface area contributed by atoms with Crippen molar-refractivity contribution >= 4 is 0 Å². The number of nitrogens with two attached hydrogens (primary N) is 1. The minimum Gasteiger partial charge on any atom is -0.389 e. The highest BCUT2D eigenvalue weighted by Gasteiger charge is 2.02. The molecular weight excluding hydrogens is 132 g/mol. The summed E-state index contributed by atoms with van der Waals surface area (Å²) in [5.41, 5.74) is 2.36. The van der Waals surface area contributed by atoms with Gasteiger partial charge in [0.05, 0.1) is 18.8 Å². The first kappa shape index (κ1) is 9.84. The maximum Gasteiger partial charge on any atom is 0.0911 e. The second-order valence-electron chi connectivity index (χ2n) is 2.44. The minimum absolute atomic E-state index is 0.160. The van der Waals surface area contributed by atoms with Crippen LogP contribution in [0.2, 0.25) is 0 Å². The number of hydrogen-bond acceptors (Lipinski definition) is 4. The normalized spacial score (nSPS) is 14.1. The fourth-order valence-electron chi connectivity index (χ4n) is 0.498. The third-order valence-corrected chi connectivity index (χ3v) is 0.975. The Morgan fingerprint density at radius 3 is 2.60 bits per heavy atom. The fourth-order valence-corrected chi connectivity index (χ4v) is 0.498. The fraction of sp³-hybridized carbons (Fsp3) is 1.00. The summed E-state index contributed by atoms with van der Waals surface area (Å²) in [6.07, 6.45) is -0.347. The van der Waals surface area contributed by atoms with Gasteiger partial charge >= 0.3 is 0 Å². The number of ether oxygens (including phenoxy) is 1. The zero-order valence-corrected chi connectivity index (χ0v) is 6.50. The lowest BCUT2D eigenvalue weighted by Gasteiger charge is -2.12. The van der Waals surface area contributed by atoms with Crippen LogP contribution in [0, 0.1) is 0 Å². The van der Waals surface area contributed by atoms with Crippen LogP contribution >= 0.6 is 0 Å². The van der Waals surface area contributed by atoms with Gasteiger partial charge in [0.25, 0.3) is 0 Å². The van der Waals surface area contributed by atoms with Gasteiger partial charge < -0.3 is 9.84 Å². The van der Waals surface area contributed by atoms with Gasteiger partial charge in [0, 0.05) is 6.54 Å². The second-order valence-corrected chi connectivity index (χ2v) is 2.44. The van der Waals surface area contributed by atoms with E-state index in [-0.39, 0.29) is 6.10 Å². The van der Waals surface area contributed by atoms with Crippen LogP contribution in [0.4, 0.5) is 0 Å². The molecule has 0 aromatic rings. The lowest BCUT2D eigenvalue weighted by Crippen LogP contribution is -2.35. The van der Waals surface area contributed by atoms with E-state index in [2.05, 4.69) is 5.43 Å². The highest BCUT2D eigenvalue weighted by atomic mass is 16.5. The predicted octanol–water partition coefficient (Wildman–Crippen LogP) is -0.764. The molecule has 0 aliphatic rings. The van der Waals surface area contributed by atoms with Crippen LogP contribution < -0.4 is 11.3 Å². The zero-order valence-electron chi connectivity index (χ0n) is 6.50. The maximum atomic E-state index is 9.03. The van der Waals surface area contributed by atoms with Gasteiger partial charge in [0.2, 0.25) is 0 Å². The van der Waals surface area contributed by atoms with E-state index in [1.807, 2.05) is 13.8 Å². The zero-order chi connectivity index (χ0) is 7.98. The first-order chi connectivity index (χ1) is 4.66. The number of hydrazine groups is 1. The average molecular weight is 148 g/mol. The van der Waals surface area contributed by atoms with E-state index in [4.69, 9.17) is 15.7 Å². The van der Waals surface area contributed by atoms with Crippen LogP contribution in [-0.4, -0.2) is 30.5 Å². The molecule has 0 aromatic carbocycles. The lowest BCUT2D eigenvalue weighted by atomic mass is 10.4. The summed E-state index contributed by atoms with van der Waals surface area (Å²) in [5.74, 6) is 4.97. The molecule has 0 heterocycles. The standard InChI is InChI=1S/C6H16N2O2/c1-5(2)10-4-6(9)3-8-7/h5-6,8-9H,3-4,7H2,1-2H3. The molecule has 0 bridgehead atoms. The molecule has 4 heteroatoms. The van der Waals surface area contributed by atoms with Crippen LogP contribution in [-0.2, 0) is 4.74 Å². The number of aliphatic hydroxyl groups excluding tert-OH is 1. The molecule has 4 nitrogen and oxygen atoms in total. The second kappa shape index (κ2) is 5.61. The lowest BCUT2D eigenvalue weighted by molar-refractivity contribution is 0.00647. The van der Waals surface area contributed by atoms with E-state index in [0.717, 1.165) is 0 Å². The van der Waals surface area contributed by atoms with Gasteiger partial charge in [0.15, 0.2) is 0 Å². The minimum atomic E-state index is -0.507. The average Bonchev–Trinajstić information content (AvgIpc) is 1.85. The molecule has 0 spiro atoms. The Morgan fingerprint density at radius 1 is 1.60 bits per heavy atom. The third-order valence-electron chi connectivity index (χ3n) is 0.975. The van der Waals surface area contributed by atoms with Crippen molar-refractivity contribution in [1.29, 1.82) is 0 Å². The van der Waals surface area contributed by atoms with Gasteiger partial charge in [-0.3, -0.25) is 11.3 Å². The molecule has 4 N–H and O–H groups in total. The highest BCUT2D eigenvalue weighted by Crippen LogP contribution is 1.89. The summed E-state index contributed by atoms with van der Waals surface area (Å²) in [6.45, 7) is 4.54. The Bertz CT molecular complexity index is 78.1. The number of hydrogen-bond donors (Lipinski definition) is 3. The van der Waals surface area contributed by atoms with Crippen molar-refractivity contribution in [1.82, 2.24) is 5.43 Å². The van der Waals surface area contributed by atoms with Gasteiger partial charge in [-0.1, -0.05) is 0 Å². The predicted molar refractivity (Wildman–Crippen MR) is 39.3 cm³/mol. The molecule has 0 saturated carbocycles. The van der Waals surface area contributed by atoms with Crippen LogP contribution in [0.25, 0.3) is 0 Å². The summed E-state index contributed by atoms with van der Waals surface area (Å²) >= 11 is 0. The SMILES string of the molecule is CC(C)OCC(O)CNN. The molecule has 1 atom stereocenters. The summed E-state index contributed by atoms with van der Waals surface area (Å²) in [6, 6.07) is 0. The van der Waals surface area contributed by atoms with E-state index in [1.165, 1.54) is 0 Å². The van der Waals surface area contributed by atoms with E-state index >= 15 is 0 Å². The van der Waals surface area contributed by atoms with Crippen LogP contribution in [0.15, 0.2) is 0 Å². The van der Waals surface area contributed by atoms with Gasteiger partial charge in [0.1, 0.15) is 0 Å². The molecule has 0 rings (SSSR count). The van der Waals surface area contributed by atoms with Crippen molar-refractivity contribution in [2.75, 3.05) is 13.2 Å². The number of nitrogens with one attached hydrogen (secondary N) is 1. The molecule has 0 saturated heterocycles. The number of rotatable bonds is 5. The van der Waals surface area contributed by atoms with Gasteiger partial charge in [-0.05, 0) is 13.8 Å². The van der Waals surface area contributed by atoms with Gasteiger partial charge in [-0.15, -0.1) is 0 Å².